The standard InChI is InChI=1S/C16H33N3/c1-14(2)17-9-8-15(3)18-10-12-19(13-11-18)16-6-4-5-7-16/h14-17H,4-13H2,1-3H3. The van der Waals surface area contributed by atoms with E-state index in [1.807, 2.05) is 0 Å². The van der Waals surface area contributed by atoms with E-state index in [1.54, 1.807) is 0 Å². The Bertz CT molecular complexity index is 240. The van der Waals surface area contributed by atoms with Gasteiger partial charge in [-0.25, -0.2) is 0 Å². The molecule has 3 heteroatoms. The Hall–Kier alpha value is -0.120. The van der Waals surface area contributed by atoms with Crippen molar-refractivity contribution in [3.63, 3.8) is 0 Å². The first-order chi connectivity index (χ1) is 9.16. The van der Waals surface area contributed by atoms with Gasteiger partial charge in [-0.1, -0.05) is 26.7 Å². The molecule has 2 aliphatic rings. The second-order valence-corrected chi connectivity index (χ2v) is 6.76. The van der Waals surface area contributed by atoms with Gasteiger partial charge in [0.2, 0.25) is 0 Å². The van der Waals surface area contributed by atoms with E-state index in [-0.39, 0.29) is 0 Å². The number of piperazine rings is 1. The fourth-order valence-electron chi connectivity index (χ4n) is 3.58. The molecular weight excluding hydrogens is 234 g/mol. The van der Waals surface area contributed by atoms with Crippen molar-refractivity contribution >= 4 is 0 Å². The molecule has 1 saturated carbocycles. The van der Waals surface area contributed by atoms with Crippen LogP contribution in [-0.2, 0) is 0 Å². The maximum absolute atomic E-state index is 3.53. The van der Waals surface area contributed by atoms with Gasteiger partial charge >= 0.3 is 0 Å². The molecule has 112 valence electrons. The number of hydrogen-bond acceptors (Lipinski definition) is 3. The van der Waals surface area contributed by atoms with E-state index in [0.717, 1.165) is 18.6 Å². The second kappa shape index (κ2) is 7.61. The summed E-state index contributed by atoms with van der Waals surface area (Å²) in [6, 6.07) is 2.27. The van der Waals surface area contributed by atoms with Gasteiger partial charge in [0.05, 0.1) is 0 Å². The zero-order valence-electron chi connectivity index (χ0n) is 13.2. The summed E-state index contributed by atoms with van der Waals surface area (Å²) in [6.07, 6.45) is 7.10. The topological polar surface area (TPSA) is 18.5 Å². The van der Waals surface area contributed by atoms with Crippen molar-refractivity contribution in [1.82, 2.24) is 15.1 Å². The lowest BCUT2D eigenvalue weighted by molar-refractivity contribution is 0.0726. The third kappa shape index (κ3) is 4.73. The molecule has 3 nitrogen and oxygen atoms in total. The van der Waals surface area contributed by atoms with E-state index in [9.17, 15) is 0 Å². The van der Waals surface area contributed by atoms with Gasteiger partial charge in [-0.15, -0.1) is 0 Å². The Morgan fingerprint density at radius 1 is 1.00 bits per heavy atom. The summed E-state index contributed by atoms with van der Waals surface area (Å²) in [6.45, 7) is 13.2. The van der Waals surface area contributed by atoms with Crippen molar-refractivity contribution in [3.05, 3.63) is 0 Å². The predicted molar refractivity (Wildman–Crippen MR) is 82.6 cm³/mol. The molecule has 2 rings (SSSR count). The van der Waals surface area contributed by atoms with Crippen molar-refractivity contribution in [2.24, 2.45) is 0 Å². The van der Waals surface area contributed by atoms with E-state index in [0.29, 0.717) is 6.04 Å². The quantitative estimate of drug-likeness (QED) is 0.797. The van der Waals surface area contributed by atoms with Gasteiger partial charge in [-0.05, 0) is 32.7 Å². The van der Waals surface area contributed by atoms with Crippen LogP contribution in [0.5, 0.6) is 0 Å². The zero-order valence-corrected chi connectivity index (χ0v) is 13.2. The van der Waals surface area contributed by atoms with Crippen LogP contribution < -0.4 is 5.32 Å². The highest BCUT2D eigenvalue weighted by Crippen LogP contribution is 2.24. The molecule has 0 aromatic carbocycles. The van der Waals surface area contributed by atoms with Gasteiger partial charge < -0.3 is 5.32 Å². The Kier molecular flexibility index (Phi) is 6.11. The Balaban J connectivity index is 1.64. The molecule has 0 aromatic rings. The monoisotopic (exact) mass is 267 g/mol. The third-order valence-electron chi connectivity index (χ3n) is 4.93. The van der Waals surface area contributed by atoms with Crippen molar-refractivity contribution in [2.75, 3.05) is 32.7 Å². The van der Waals surface area contributed by atoms with Gasteiger partial charge in [-0.2, -0.15) is 0 Å². The highest BCUT2D eigenvalue weighted by Gasteiger charge is 2.27. The molecule has 1 aliphatic carbocycles. The van der Waals surface area contributed by atoms with E-state index in [4.69, 9.17) is 0 Å². The van der Waals surface area contributed by atoms with E-state index in [2.05, 4.69) is 35.9 Å². The van der Waals surface area contributed by atoms with Crippen molar-refractivity contribution in [3.8, 4) is 0 Å². The summed E-state index contributed by atoms with van der Waals surface area (Å²) in [5.41, 5.74) is 0. The lowest BCUT2D eigenvalue weighted by Gasteiger charge is -2.40. The molecule has 0 bridgehead atoms. The van der Waals surface area contributed by atoms with Crippen LogP contribution in [0.25, 0.3) is 0 Å². The summed E-state index contributed by atoms with van der Waals surface area (Å²) in [7, 11) is 0. The van der Waals surface area contributed by atoms with E-state index >= 15 is 0 Å². The second-order valence-electron chi connectivity index (χ2n) is 6.76. The highest BCUT2D eigenvalue weighted by atomic mass is 15.3. The summed E-state index contributed by atoms with van der Waals surface area (Å²) < 4.78 is 0. The fraction of sp³-hybridized carbons (Fsp3) is 1.00. The highest BCUT2D eigenvalue weighted by molar-refractivity contribution is 4.83. The Morgan fingerprint density at radius 3 is 2.21 bits per heavy atom. The number of hydrogen-bond donors (Lipinski definition) is 1. The Morgan fingerprint density at radius 2 is 1.63 bits per heavy atom. The van der Waals surface area contributed by atoms with Crippen LogP contribution in [0, 0.1) is 0 Å². The van der Waals surface area contributed by atoms with Crippen LogP contribution in [0.3, 0.4) is 0 Å². The molecule has 1 heterocycles. The minimum atomic E-state index is 0.617. The van der Waals surface area contributed by atoms with Crippen LogP contribution in [-0.4, -0.2) is 60.6 Å². The van der Waals surface area contributed by atoms with Crippen LogP contribution in [0.4, 0.5) is 0 Å². The summed E-state index contributed by atoms with van der Waals surface area (Å²) in [5.74, 6) is 0. The molecule has 19 heavy (non-hydrogen) atoms. The first-order valence-corrected chi connectivity index (χ1v) is 8.38. The molecule has 1 N–H and O–H groups in total. The lowest BCUT2D eigenvalue weighted by Crippen LogP contribution is -2.52. The van der Waals surface area contributed by atoms with Crippen molar-refractivity contribution in [1.29, 1.82) is 0 Å². The summed E-state index contributed by atoms with van der Waals surface area (Å²) in [5, 5.41) is 3.53. The SMILES string of the molecule is CC(C)NCCC(C)N1CCN(C2CCCC2)CC1. The van der Waals surface area contributed by atoms with Crippen LogP contribution in [0.2, 0.25) is 0 Å². The van der Waals surface area contributed by atoms with Gasteiger partial charge in [0.1, 0.15) is 0 Å². The van der Waals surface area contributed by atoms with Crippen LogP contribution in [0.15, 0.2) is 0 Å². The molecule has 1 aliphatic heterocycles. The number of rotatable bonds is 6. The average molecular weight is 267 g/mol. The zero-order chi connectivity index (χ0) is 13.7. The van der Waals surface area contributed by atoms with Crippen molar-refractivity contribution in [2.45, 2.75) is 71.0 Å². The summed E-state index contributed by atoms with van der Waals surface area (Å²) in [4.78, 5) is 5.44. The molecule has 0 spiro atoms. The first kappa shape index (κ1) is 15.3. The number of nitrogens with zero attached hydrogens (tertiary/aromatic N) is 2. The van der Waals surface area contributed by atoms with Gasteiger partial charge in [0.15, 0.2) is 0 Å². The minimum absolute atomic E-state index is 0.617. The molecule has 1 atom stereocenters. The fourth-order valence-corrected chi connectivity index (χ4v) is 3.58. The lowest BCUT2D eigenvalue weighted by atomic mass is 10.1. The van der Waals surface area contributed by atoms with Crippen LogP contribution in [0.1, 0.15) is 52.9 Å². The summed E-state index contributed by atoms with van der Waals surface area (Å²) >= 11 is 0. The Labute approximate surface area is 119 Å². The van der Waals surface area contributed by atoms with Gasteiger partial charge in [0.25, 0.3) is 0 Å². The molecule has 2 fully saturated rings. The van der Waals surface area contributed by atoms with E-state index < -0.39 is 0 Å². The van der Waals surface area contributed by atoms with Crippen LogP contribution >= 0.6 is 0 Å². The van der Waals surface area contributed by atoms with Gasteiger partial charge in [-0.3, -0.25) is 9.80 Å². The number of nitrogens with one attached hydrogen (secondary N) is 1. The molecule has 0 radical (unpaired) electrons. The maximum atomic E-state index is 3.53. The normalized spacial score (nSPS) is 25.3. The molecule has 0 amide bonds. The molecular formula is C16H33N3. The largest absolute Gasteiger partial charge is 0.314 e. The van der Waals surface area contributed by atoms with Crippen molar-refractivity contribution < 1.29 is 0 Å². The van der Waals surface area contributed by atoms with Gasteiger partial charge in [0, 0.05) is 44.3 Å². The smallest absolute Gasteiger partial charge is 0.0113 e. The maximum Gasteiger partial charge on any atom is 0.0113 e. The minimum Gasteiger partial charge on any atom is -0.314 e. The predicted octanol–water partition coefficient (Wildman–Crippen LogP) is 2.32. The molecule has 1 unspecified atom stereocenters. The molecule has 0 aromatic heterocycles. The third-order valence-corrected chi connectivity index (χ3v) is 4.93. The first-order valence-electron chi connectivity index (χ1n) is 8.38. The molecule has 1 saturated heterocycles. The average Bonchev–Trinajstić information content (AvgIpc) is 2.92. The van der Waals surface area contributed by atoms with E-state index in [1.165, 1.54) is 58.3 Å².